The van der Waals surface area contributed by atoms with E-state index in [1.54, 1.807) is 11.8 Å². The molecule has 0 N–H and O–H groups in total. The van der Waals surface area contributed by atoms with Gasteiger partial charge in [-0.2, -0.15) is 0 Å². The van der Waals surface area contributed by atoms with Gasteiger partial charge in [-0.3, -0.25) is 0 Å². The Balaban J connectivity index is 2.06. The van der Waals surface area contributed by atoms with Crippen LogP contribution in [0.15, 0.2) is 56.7 Å². The first-order chi connectivity index (χ1) is 12.1. The van der Waals surface area contributed by atoms with Crippen LogP contribution in [-0.4, -0.2) is 30.2 Å². The van der Waals surface area contributed by atoms with E-state index in [2.05, 4.69) is 87.8 Å². The van der Waals surface area contributed by atoms with Crippen molar-refractivity contribution in [2.75, 3.05) is 24.7 Å². The Labute approximate surface area is 168 Å². The molecule has 3 rings (SSSR count). The number of anilines is 2. The number of likely N-dealkylation sites (N-methyl/N-ethyl adjacent to an activating group) is 1. The Kier molecular flexibility index (Phi) is 6.78. The number of hydrogen-bond donors (Lipinski definition) is 0. The molecule has 0 aromatic heterocycles. The van der Waals surface area contributed by atoms with Gasteiger partial charge in [-0.1, -0.05) is 38.0 Å². The smallest absolute Gasteiger partial charge is 0.0574 e. The number of thioether (sulfide) groups is 1. The third-order valence-electron chi connectivity index (χ3n) is 4.63. The van der Waals surface area contributed by atoms with Crippen molar-refractivity contribution in [2.45, 2.75) is 42.0 Å². The second-order valence-corrected chi connectivity index (χ2v) is 9.23. The highest BCUT2D eigenvalue weighted by atomic mass is 79.9. The summed E-state index contributed by atoms with van der Waals surface area (Å²) in [5, 5.41) is 0. The van der Waals surface area contributed by atoms with Crippen molar-refractivity contribution in [1.29, 1.82) is 0 Å². The third kappa shape index (κ3) is 4.38. The lowest BCUT2D eigenvalue weighted by Gasteiger charge is -2.30. The van der Waals surface area contributed by atoms with Crippen LogP contribution in [0.25, 0.3) is 0 Å². The molecule has 1 aliphatic heterocycles. The molecule has 0 saturated heterocycles. The number of rotatable bonds is 5. The van der Waals surface area contributed by atoms with Crippen molar-refractivity contribution < 1.29 is 0 Å². The Bertz CT molecular complexity index is 708. The third-order valence-corrected chi connectivity index (χ3v) is 7.44. The van der Waals surface area contributed by atoms with Gasteiger partial charge in [-0.15, -0.1) is 11.8 Å². The standard InChI is InChI=1S/C20H25BrN2S2/c1-4-5-9-16-14-23(15-10-7-6-8-11-15)18-13-19(24-3)17(21)12-20(18)25-22(16)2/h6-8,10-13,16H,4-5,9,14H2,1-3H3. The van der Waals surface area contributed by atoms with Crippen molar-refractivity contribution >= 4 is 51.0 Å². The quantitative estimate of drug-likeness (QED) is 0.374. The molecule has 2 aromatic carbocycles. The fourth-order valence-electron chi connectivity index (χ4n) is 3.18. The number of hydrogen-bond acceptors (Lipinski definition) is 4. The molecule has 1 atom stereocenters. The van der Waals surface area contributed by atoms with Crippen molar-refractivity contribution in [3.8, 4) is 0 Å². The zero-order chi connectivity index (χ0) is 17.8. The molecular weight excluding hydrogens is 412 g/mol. The maximum atomic E-state index is 3.74. The molecule has 0 radical (unpaired) electrons. The highest BCUT2D eigenvalue weighted by molar-refractivity contribution is 9.10. The molecule has 1 unspecified atom stereocenters. The zero-order valence-corrected chi connectivity index (χ0v) is 18.3. The van der Waals surface area contributed by atoms with Crippen LogP contribution in [0.5, 0.6) is 0 Å². The van der Waals surface area contributed by atoms with E-state index in [-0.39, 0.29) is 0 Å². The minimum atomic E-state index is 0.536. The van der Waals surface area contributed by atoms with E-state index in [1.807, 2.05) is 11.9 Å². The summed E-state index contributed by atoms with van der Waals surface area (Å²) in [6.45, 7) is 3.30. The lowest BCUT2D eigenvalue weighted by atomic mass is 10.1. The van der Waals surface area contributed by atoms with Gasteiger partial charge < -0.3 is 4.90 Å². The van der Waals surface area contributed by atoms with E-state index in [1.165, 1.54) is 44.9 Å². The minimum absolute atomic E-state index is 0.536. The Morgan fingerprint density at radius 2 is 2.00 bits per heavy atom. The second kappa shape index (κ2) is 8.85. The fraction of sp³-hybridized carbons (Fsp3) is 0.400. The monoisotopic (exact) mass is 436 g/mol. The number of benzene rings is 2. The fourth-order valence-corrected chi connectivity index (χ4v) is 5.71. The molecule has 1 heterocycles. The molecule has 5 heteroatoms. The lowest BCUT2D eigenvalue weighted by Crippen LogP contribution is -2.35. The van der Waals surface area contributed by atoms with Crippen LogP contribution in [0, 0.1) is 0 Å². The molecule has 0 aliphatic carbocycles. The topological polar surface area (TPSA) is 6.48 Å². The van der Waals surface area contributed by atoms with Gasteiger partial charge in [0.1, 0.15) is 0 Å². The number of halogens is 1. The average Bonchev–Trinajstić information content (AvgIpc) is 2.76. The van der Waals surface area contributed by atoms with E-state index in [0.717, 1.165) is 6.54 Å². The van der Waals surface area contributed by atoms with Crippen LogP contribution >= 0.6 is 39.6 Å². The van der Waals surface area contributed by atoms with Crippen molar-refractivity contribution in [3.05, 3.63) is 46.9 Å². The predicted molar refractivity (Wildman–Crippen MR) is 116 cm³/mol. The van der Waals surface area contributed by atoms with Crippen molar-refractivity contribution in [2.24, 2.45) is 0 Å². The highest BCUT2D eigenvalue weighted by Gasteiger charge is 2.28. The second-order valence-electron chi connectivity index (χ2n) is 6.33. The van der Waals surface area contributed by atoms with Crippen molar-refractivity contribution in [1.82, 2.24) is 4.31 Å². The molecule has 0 saturated carbocycles. The van der Waals surface area contributed by atoms with Gasteiger partial charge in [0.2, 0.25) is 0 Å². The molecule has 134 valence electrons. The summed E-state index contributed by atoms with van der Waals surface area (Å²) < 4.78 is 3.63. The summed E-state index contributed by atoms with van der Waals surface area (Å²) in [6.07, 6.45) is 5.89. The van der Waals surface area contributed by atoms with Crippen LogP contribution in [0.4, 0.5) is 11.4 Å². The van der Waals surface area contributed by atoms with Crippen LogP contribution < -0.4 is 4.90 Å². The summed E-state index contributed by atoms with van der Waals surface area (Å²) in [5.41, 5.74) is 2.59. The Hall–Kier alpha value is -0.620. The first-order valence-corrected chi connectivity index (χ1v) is 11.5. The van der Waals surface area contributed by atoms with Crippen molar-refractivity contribution in [3.63, 3.8) is 0 Å². The van der Waals surface area contributed by atoms with E-state index in [4.69, 9.17) is 0 Å². The lowest BCUT2D eigenvalue weighted by molar-refractivity contribution is 0.382. The highest BCUT2D eigenvalue weighted by Crippen LogP contribution is 2.44. The molecule has 2 nitrogen and oxygen atoms in total. The largest absolute Gasteiger partial charge is 0.339 e. The van der Waals surface area contributed by atoms with E-state index >= 15 is 0 Å². The first kappa shape index (κ1) is 19.2. The van der Waals surface area contributed by atoms with Gasteiger partial charge in [0.05, 0.1) is 5.69 Å². The normalized spacial score (nSPS) is 18.1. The summed E-state index contributed by atoms with van der Waals surface area (Å²) in [4.78, 5) is 5.10. The van der Waals surface area contributed by atoms with Gasteiger partial charge >= 0.3 is 0 Å². The van der Waals surface area contributed by atoms with Gasteiger partial charge in [-0.05, 0) is 71.9 Å². The van der Waals surface area contributed by atoms with Gasteiger partial charge in [0.15, 0.2) is 0 Å². The van der Waals surface area contributed by atoms with Gasteiger partial charge in [0, 0.05) is 32.5 Å². The number of para-hydroxylation sites is 1. The zero-order valence-electron chi connectivity index (χ0n) is 15.0. The van der Waals surface area contributed by atoms with Crippen LogP contribution in [-0.2, 0) is 0 Å². The molecule has 0 amide bonds. The SMILES string of the molecule is CCCCC1CN(c2ccccc2)c2cc(SC)c(Br)cc2SN1C. The molecule has 1 aliphatic rings. The van der Waals surface area contributed by atoms with Crippen LogP contribution in [0.3, 0.4) is 0 Å². The van der Waals surface area contributed by atoms with E-state index in [0.29, 0.717) is 6.04 Å². The number of unbranched alkanes of at least 4 members (excludes halogenated alkanes) is 1. The van der Waals surface area contributed by atoms with Crippen LogP contribution in [0.2, 0.25) is 0 Å². The predicted octanol–water partition coefficient (Wildman–Crippen LogP) is 6.82. The maximum absolute atomic E-state index is 3.74. The summed E-state index contributed by atoms with van der Waals surface area (Å²) >= 11 is 7.41. The summed E-state index contributed by atoms with van der Waals surface area (Å²) in [7, 11) is 2.24. The Morgan fingerprint density at radius 3 is 2.68 bits per heavy atom. The Morgan fingerprint density at radius 1 is 1.24 bits per heavy atom. The van der Waals surface area contributed by atoms with E-state index < -0.39 is 0 Å². The summed E-state index contributed by atoms with van der Waals surface area (Å²) in [6, 6.07) is 15.9. The van der Waals surface area contributed by atoms with E-state index in [9.17, 15) is 0 Å². The van der Waals surface area contributed by atoms with Crippen LogP contribution in [0.1, 0.15) is 26.2 Å². The first-order valence-electron chi connectivity index (χ1n) is 8.75. The molecule has 0 fully saturated rings. The molecule has 0 spiro atoms. The molecular formula is C20H25BrN2S2. The van der Waals surface area contributed by atoms with Gasteiger partial charge in [0.25, 0.3) is 0 Å². The van der Waals surface area contributed by atoms with Gasteiger partial charge in [-0.25, -0.2) is 4.31 Å². The molecule has 0 bridgehead atoms. The molecule has 25 heavy (non-hydrogen) atoms. The maximum Gasteiger partial charge on any atom is 0.0574 e. The average molecular weight is 437 g/mol. The summed E-state index contributed by atoms with van der Waals surface area (Å²) in [5.74, 6) is 0. The minimum Gasteiger partial charge on any atom is -0.339 e. The number of nitrogens with zero attached hydrogens (tertiary/aromatic N) is 2. The molecule has 2 aromatic rings. The number of fused-ring (bicyclic) bond motifs is 1.